The molecule has 0 saturated carbocycles. The number of carboxylic acids is 1. The summed E-state index contributed by atoms with van der Waals surface area (Å²) in [5, 5.41) is 19.6. The molecule has 0 spiro atoms. The Kier molecular flexibility index (Phi) is 4.04. The summed E-state index contributed by atoms with van der Waals surface area (Å²) < 4.78 is 18.8. The fraction of sp³-hybridized carbons (Fsp3) is 0. The largest absolute Gasteiger partial charge is 0.478 e. The Bertz CT molecular complexity index is 734. The predicted molar refractivity (Wildman–Crippen MR) is 71.5 cm³/mol. The Morgan fingerprint density at radius 1 is 1.29 bits per heavy atom. The highest BCUT2D eigenvalue weighted by molar-refractivity contribution is 6.30. The molecule has 1 N–H and O–H groups in total. The number of aromatic carboxylic acids is 1. The first-order chi connectivity index (χ1) is 9.90. The van der Waals surface area contributed by atoms with Crippen LogP contribution in [-0.2, 0) is 0 Å². The molecule has 0 radical (unpaired) electrons. The maximum atomic E-state index is 13.7. The molecule has 0 heterocycles. The summed E-state index contributed by atoms with van der Waals surface area (Å²) in [5.41, 5.74) is -0.866. The standard InChI is InChI=1S/C13H7ClFNO5/c14-8-2-1-3-11(12(8)15)21-10-5-4-7(13(17)18)6-9(10)16(19)20/h1-6H,(H,17,18). The van der Waals surface area contributed by atoms with Gasteiger partial charge in [-0.2, -0.15) is 0 Å². The van der Waals surface area contributed by atoms with Crippen LogP contribution in [0.5, 0.6) is 11.5 Å². The summed E-state index contributed by atoms with van der Waals surface area (Å²) in [4.78, 5) is 20.9. The zero-order valence-electron chi connectivity index (χ0n) is 10.2. The molecule has 0 bridgehead atoms. The summed E-state index contributed by atoms with van der Waals surface area (Å²) in [7, 11) is 0. The number of nitro benzene ring substituents is 1. The normalized spacial score (nSPS) is 10.2. The molecule has 0 amide bonds. The van der Waals surface area contributed by atoms with Crippen LogP contribution in [0.3, 0.4) is 0 Å². The maximum absolute atomic E-state index is 13.7. The quantitative estimate of drug-likeness (QED) is 0.683. The van der Waals surface area contributed by atoms with Crippen LogP contribution < -0.4 is 4.74 Å². The van der Waals surface area contributed by atoms with Gasteiger partial charge in [0.05, 0.1) is 15.5 Å². The smallest absolute Gasteiger partial charge is 0.335 e. The van der Waals surface area contributed by atoms with Gasteiger partial charge >= 0.3 is 11.7 Å². The van der Waals surface area contributed by atoms with Crippen molar-refractivity contribution in [1.82, 2.24) is 0 Å². The van der Waals surface area contributed by atoms with Crippen LogP contribution >= 0.6 is 11.6 Å². The van der Waals surface area contributed by atoms with Crippen molar-refractivity contribution in [3.8, 4) is 11.5 Å². The lowest BCUT2D eigenvalue weighted by Gasteiger charge is -2.08. The van der Waals surface area contributed by atoms with Crippen molar-refractivity contribution in [2.24, 2.45) is 0 Å². The van der Waals surface area contributed by atoms with Crippen molar-refractivity contribution in [2.75, 3.05) is 0 Å². The highest BCUT2D eigenvalue weighted by Crippen LogP contribution is 2.34. The molecule has 8 heteroatoms. The Hall–Kier alpha value is -2.67. The molecule has 108 valence electrons. The Labute approximate surface area is 122 Å². The van der Waals surface area contributed by atoms with Crippen molar-refractivity contribution in [2.45, 2.75) is 0 Å². The summed E-state index contributed by atoms with van der Waals surface area (Å²) in [6.07, 6.45) is 0. The zero-order chi connectivity index (χ0) is 15.6. The van der Waals surface area contributed by atoms with E-state index in [2.05, 4.69) is 0 Å². The van der Waals surface area contributed by atoms with Crippen LogP contribution in [0.4, 0.5) is 10.1 Å². The fourth-order valence-corrected chi connectivity index (χ4v) is 1.73. The lowest BCUT2D eigenvalue weighted by atomic mass is 10.2. The number of carbonyl (C=O) groups is 1. The molecular formula is C13H7ClFNO5. The molecule has 2 rings (SSSR count). The second-order valence-electron chi connectivity index (χ2n) is 3.90. The molecule has 0 aliphatic rings. The van der Waals surface area contributed by atoms with Crippen LogP contribution in [0, 0.1) is 15.9 Å². The van der Waals surface area contributed by atoms with Crippen molar-refractivity contribution < 1.29 is 24.0 Å². The molecule has 0 saturated heterocycles. The molecule has 21 heavy (non-hydrogen) atoms. The number of hydrogen-bond donors (Lipinski definition) is 1. The number of nitro groups is 1. The van der Waals surface area contributed by atoms with Crippen LogP contribution in [0.25, 0.3) is 0 Å². The van der Waals surface area contributed by atoms with Crippen molar-refractivity contribution in [3.05, 3.63) is 62.9 Å². The van der Waals surface area contributed by atoms with Crippen molar-refractivity contribution in [1.29, 1.82) is 0 Å². The van der Waals surface area contributed by atoms with Crippen LogP contribution in [-0.4, -0.2) is 16.0 Å². The Balaban J connectivity index is 2.46. The third-order valence-corrected chi connectivity index (χ3v) is 2.83. The van der Waals surface area contributed by atoms with Gasteiger partial charge in [0.15, 0.2) is 11.6 Å². The molecule has 0 aliphatic heterocycles. The molecule has 0 fully saturated rings. The van der Waals surface area contributed by atoms with Gasteiger partial charge in [0, 0.05) is 6.07 Å². The van der Waals surface area contributed by atoms with Gasteiger partial charge in [-0.05, 0) is 24.3 Å². The molecule has 6 nitrogen and oxygen atoms in total. The third-order valence-electron chi connectivity index (χ3n) is 2.54. The Morgan fingerprint density at radius 3 is 2.62 bits per heavy atom. The Morgan fingerprint density at radius 2 is 2.00 bits per heavy atom. The molecule has 0 aromatic heterocycles. The number of ether oxygens (including phenoxy) is 1. The van der Waals surface area contributed by atoms with Gasteiger partial charge < -0.3 is 9.84 Å². The lowest BCUT2D eigenvalue weighted by Crippen LogP contribution is -2.00. The minimum absolute atomic E-state index is 0.197. The highest BCUT2D eigenvalue weighted by atomic mass is 35.5. The monoisotopic (exact) mass is 311 g/mol. The SMILES string of the molecule is O=C(O)c1ccc(Oc2cccc(Cl)c2F)c([N+](=O)[O-])c1. The van der Waals surface area contributed by atoms with E-state index < -0.39 is 22.4 Å². The number of benzene rings is 2. The maximum Gasteiger partial charge on any atom is 0.335 e. The van der Waals surface area contributed by atoms with E-state index in [9.17, 15) is 19.3 Å². The lowest BCUT2D eigenvalue weighted by molar-refractivity contribution is -0.385. The van der Waals surface area contributed by atoms with Gasteiger partial charge in [0.25, 0.3) is 0 Å². The molecule has 0 unspecified atom stereocenters. The van der Waals surface area contributed by atoms with Gasteiger partial charge in [-0.1, -0.05) is 17.7 Å². The number of hydrogen-bond acceptors (Lipinski definition) is 4. The minimum atomic E-state index is -1.32. The van der Waals surface area contributed by atoms with Crippen molar-refractivity contribution >= 4 is 23.3 Å². The third kappa shape index (κ3) is 3.09. The predicted octanol–water partition coefficient (Wildman–Crippen LogP) is 3.88. The molecule has 2 aromatic carbocycles. The first-order valence-corrected chi connectivity index (χ1v) is 5.91. The fourth-order valence-electron chi connectivity index (χ4n) is 1.56. The zero-order valence-corrected chi connectivity index (χ0v) is 11.0. The van der Waals surface area contributed by atoms with E-state index in [-0.39, 0.29) is 22.1 Å². The van der Waals surface area contributed by atoms with Crippen molar-refractivity contribution in [3.63, 3.8) is 0 Å². The van der Waals surface area contributed by atoms with E-state index in [1.807, 2.05) is 0 Å². The topological polar surface area (TPSA) is 89.7 Å². The average Bonchev–Trinajstić information content (AvgIpc) is 2.43. The van der Waals surface area contributed by atoms with Gasteiger partial charge in [-0.3, -0.25) is 10.1 Å². The van der Waals surface area contributed by atoms with E-state index in [0.29, 0.717) is 0 Å². The van der Waals surface area contributed by atoms with Gasteiger partial charge in [0.1, 0.15) is 0 Å². The van der Waals surface area contributed by atoms with E-state index in [0.717, 1.165) is 18.2 Å². The average molecular weight is 312 g/mol. The first-order valence-electron chi connectivity index (χ1n) is 5.53. The molecule has 0 atom stereocenters. The molecule has 2 aromatic rings. The van der Waals surface area contributed by atoms with Gasteiger partial charge in [-0.25, -0.2) is 9.18 Å². The first kappa shape index (κ1) is 14.7. The second-order valence-corrected chi connectivity index (χ2v) is 4.31. The number of rotatable bonds is 4. The van der Waals surface area contributed by atoms with Gasteiger partial charge in [0.2, 0.25) is 5.75 Å². The van der Waals surface area contributed by atoms with Crippen LogP contribution in [0.15, 0.2) is 36.4 Å². The highest BCUT2D eigenvalue weighted by Gasteiger charge is 2.20. The van der Waals surface area contributed by atoms with Gasteiger partial charge in [-0.15, -0.1) is 0 Å². The summed E-state index contributed by atoms with van der Waals surface area (Å²) in [5.74, 6) is -2.77. The van der Waals surface area contributed by atoms with E-state index >= 15 is 0 Å². The summed E-state index contributed by atoms with van der Waals surface area (Å²) >= 11 is 5.58. The second kappa shape index (κ2) is 5.76. The van der Waals surface area contributed by atoms with E-state index in [4.69, 9.17) is 21.4 Å². The van der Waals surface area contributed by atoms with E-state index in [1.165, 1.54) is 18.2 Å². The molecule has 0 aliphatic carbocycles. The number of nitrogens with zero attached hydrogens (tertiary/aromatic N) is 1. The number of halogens is 2. The minimum Gasteiger partial charge on any atom is -0.478 e. The van der Waals surface area contributed by atoms with Crippen LogP contribution in [0.1, 0.15) is 10.4 Å². The summed E-state index contributed by atoms with van der Waals surface area (Å²) in [6, 6.07) is 7.00. The van der Waals surface area contributed by atoms with Crippen LogP contribution in [0.2, 0.25) is 5.02 Å². The number of carboxylic acid groups (broad SMARTS) is 1. The molecular weight excluding hydrogens is 305 g/mol. The summed E-state index contributed by atoms with van der Waals surface area (Å²) in [6.45, 7) is 0. The van der Waals surface area contributed by atoms with E-state index in [1.54, 1.807) is 0 Å².